The molecule has 0 aliphatic rings. The molecule has 0 bridgehead atoms. The van der Waals surface area contributed by atoms with Gasteiger partial charge < -0.3 is 16.0 Å². The van der Waals surface area contributed by atoms with E-state index in [-0.39, 0.29) is 0 Å². The van der Waals surface area contributed by atoms with E-state index in [4.69, 9.17) is 16.0 Å². The van der Waals surface area contributed by atoms with E-state index in [1.807, 2.05) is 42.5 Å². The predicted molar refractivity (Wildman–Crippen MR) is 74.0 cm³/mol. The van der Waals surface area contributed by atoms with Gasteiger partial charge in [-0.05, 0) is 18.2 Å². The van der Waals surface area contributed by atoms with Crippen molar-refractivity contribution in [3.63, 3.8) is 0 Å². The van der Waals surface area contributed by atoms with Gasteiger partial charge in [0.05, 0.1) is 0 Å². The highest BCUT2D eigenvalue weighted by atomic mass is 16.5. The molecule has 0 radical (unpaired) electrons. The summed E-state index contributed by atoms with van der Waals surface area (Å²) in [5, 5.41) is 7.63. The predicted octanol–water partition coefficient (Wildman–Crippen LogP) is 2.57. The first-order chi connectivity index (χ1) is 9.27. The Bertz CT molecular complexity index is 661. The van der Waals surface area contributed by atoms with E-state index in [0.717, 1.165) is 11.1 Å². The van der Waals surface area contributed by atoms with Gasteiger partial charge in [0.25, 0.3) is 0 Å². The highest BCUT2D eigenvalue weighted by Gasteiger charge is 2.17. The summed E-state index contributed by atoms with van der Waals surface area (Å²) in [5.41, 5.74) is 15.3. The summed E-state index contributed by atoms with van der Waals surface area (Å²) in [5.74, 6) is 0.524. The van der Waals surface area contributed by atoms with Crippen LogP contribution in [-0.2, 0) is 0 Å². The third-order valence-electron chi connectivity index (χ3n) is 2.91. The minimum absolute atomic E-state index is 0.524. The molecule has 0 saturated heterocycles. The Labute approximate surface area is 109 Å². The topological polar surface area (TPSA) is 91.0 Å². The van der Waals surface area contributed by atoms with Crippen LogP contribution in [0, 0.1) is 0 Å². The van der Waals surface area contributed by atoms with E-state index < -0.39 is 0 Å². The lowest BCUT2D eigenvalue weighted by Gasteiger charge is -2.05. The van der Waals surface area contributed by atoms with Crippen LogP contribution in [0.4, 0.5) is 11.4 Å². The van der Waals surface area contributed by atoms with Gasteiger partial charge in [-0.25, -0.2) is 0 Å². The van der Waals surface area contributed by atoms with E-state index in [1.54, 1.807) is 6.07 Å². The Hall–Kier alpha value is -2.82. The molecule has 0 atom stereocenters. The van der Waals surface area contributed by atoms with Gasteiger partial charge in [-0.15, -0.1) is 5.10 Å². The third kappa shape index (κ3) is 1.91. The molecule has 2 aromatic carbocycles. The maximum Gasteiger partial charge on any atom is 0.197 e. The molecule has 1 heterocycles. The fourth-order valence-electron chi connectivity index (χ4n) is 1.96. The zero-order valence-electron chi connectivity index (χ0n) is 10.1. The number of aromatic nitrogens is 2. The molecule has 0 spiro atoms. The van der Waals surface area contributed by atoms with Crippen LogP contribution in [0.25, 0.3) is 22.6 Å². The number of nitrogens with zero attached hydrogens (tertiary/aromatic N) is 2. The van der Waals surface area contributed by atoms with Crippen molar-refractivity contribution >= 4 is 11.4 Å². The lowest BCUT2D eigenvalue weighted by atomic mass is 10.0. The second-order valence-corrected chi connectivity index (χ2v) is 4.13. The van der Waals surface area contributed by atoms with Crippen molar-refractivity contribution in [1.82, 2.24) is 10.4 Å². The maximum absolute atomic E-state index is 5.96. The van der Waals surface area contributed by atoms with Crippen LogP contribution in [0.3, 0.4) is 0 Å². The molecule has 0 saturated carbocycles. The van der Waals surface area contributed by atoms with Crippen molar-refractivity contribution in [2.75, 3.05) is 11.5 Å². The zero-order chi connectivity index (χ0) is 13.2. The molecular weight excluding hydrogens is 240 g/mol. The van der Waals surface area contributed by atoms with Crippen molar-refractivity contribution in [2.24, 2.45) is 0 Å². The zero-order valence-corrected chi connectivity index (χ0v) is 10.1. The third-order valence-corrected chi connectivity index (χ3v) is 2.91. The van der Waals surface area contributed by atoms with Gasteiger partial charge in [-0.2, -0.15) is 0 Å². The molecule has 0 unspecified atom stereocenters. The molecular formula is C14H12N4O. The van der Waals surface area contributed by atoms with Crippen LogP contribution in [0.1, 0.15) is 0 Å². The van der Waals surface area contributed by atoms with Crippen LogP contribution in [-0.4, -0.2) is 10.4 Å². The van der Waals surface area contributed by atoms with Gasteiger partial charge in [0.2, 0.25) is 0 Å². The van der Waals surface area contributed by atoms with E-state index in [0.29, 0.717) is 22.8 Å². The lowest BCUT2D eigenvalue weighted by molar-refractivity contribution is 0.404. The van der Waals surface area contributed by atoms with Gasteiger partial charge in [0.15, 0.2) is 5.76 Å². The first-order valence-corrected chi connectivity index (χ1v) is 5.79. The Morgan fingerprint density at radius 3 is 2.00 bits per heavy atom. The van der Waals surface area contributed by atoms with Gasteiger partial charge in [0.1, 0.15) is 5.69 Å². The average Bonchev–Trinajstić information content (AvgIpc) is 2.89. The molecule has 19 heavy (non-hydrogen) atoms. The van der Waals surface area contributed by atoms with Crippen LogP contribution in [0.2, 0.25) is 0 Å². The fourth-order valence-corrected chi connectivity index (χ4v) is 1.96. The van der Waals surface area contributed by atoms with Crippen LogP contribution in [0.15, 0.2) is 53.1 Å². The monoisotopic (exact) mass is 252 g/mol. The van der Waals surface area contributed by atoms with Gasteiger partial charge in [0, 0.05) is 27.8 Å². The molecule has 5 heteroatoms. The quantitative estimate of drug-likeness (QED) is 0.684. The molecule has 94 valence electrons. The Kier molecular flexibility index (Phi) is 2.64. The molecule has 0 fully saturated rings. The minimum atomic E-state index is 0.524. The van der Waals surface area contributed by atoms with E-state index in [1.165, 1.54) is 0 Å². The average molecular weight is 252 g/mol. The summed E-state index contributed by atoms with van der Waals surface area (Å²) in [4.78, 5) is 0. The van der Waals surface area contributed by atoms with Gasteiger partial charge in [-0.1, -0.05) is 30.3 Å². The van der Waals surface area contributed by atoms with Gasteiger partial charge in [-0.3, -0.25) is 0 Å². The minimum Gasteiger partial charge on any atom is -0.398 e. The first-order valence-electron chi connectivity index (χ1n) is 5.79. The molecule has 0 aliphatic carbocycles. The lowest BCUT2D eigenvalue weighted by Crippen LogP contribution is -1.93. The highest BCUT2D eigenvalue weighted by Crippen LogP contribution is 2.35. The second kappa shape index (κ2) is 4.45. The molecule has 4 N–H and O–H groups in total. The number of nitrogen functional groups attached to an aromatic ring is 2. The second-order valence-electron chi connectivity index (χ2n) is 4.13. The number of hydrogen-bond acceptors (Lipinski definition) is 5. The number of rotatable bonds is 2. The summed E-state index contributed by atoms with van der Waals surface area (Å²) >= 11 is 0. The van der Waals surface area contributed by atoms with Gasteiger partial charge >= 0.3 is 0 Å². The number of hydrogen-bond donors (Lipinski definition) is 2. The van der Waals surface area contributed by atoms with Crippen LogP contribution < -0.4 is 11.5 Å². The van der Waals surface area contributed by atoms with Crippen molar-refractivity contribution in [2.45, 2.75) is 0 Å². The largest absolute Gasteiger partial charge is 0.398 e. The van der Waals surface area contributed by atoms with Crippen LogP contribution >= 0.6 is 0 Å². The molecule has 3 aromatic rings. The maximum atomic E-state index is 5.96. The Morgan fingerprint density at radius 1 is 0.789 bits per heavy atom. The number of benzene rings is 2. The fraction of sp³-hybridized carbons (Fsp3) is 0. The Balaban J connectivity index is 2.20. The SMILES string of the molecule is Nc1ccccc1-c1nnoc1-c1ccccc1N. The molecule has 0 amide bonds. The standard InChI is InChI=1S/C14H12N4O/c15-11-7-3-1-5-9(11)13-14(19-18-17-13)10-6-2-4-8-12(10)16/h1-8H,15-16H2. The normalized spacial score (nSPS) is 10.5. The summed E-state index contributed by atoms with van der Waals surface area (Å²) in [6.07, 6.45) is 0. The van der Waals surface area contributed by atoms with Crippen molar-refractivity contribution < 1.29 is 4.52 Å². The summed E-state index contributed by atoms with van der Waals surface area (Å²) in [6.45, 7) is 0. The molecule has 1 aromatic heterocycles. The van der Waals surface area contributed by atoms with E-state index >= 15 is 0 Å². The Morgan fingerprint density at radius 2 is 1.37 bits per heavy atom. The molecule has 5 nitrogen and oxygen atoms in total. The highest BCUT2D eigenvalue weighted by molar-refractivity contribution is 5.86. The van der Waals surface area contributed by atoms with Crippen LogP contribution in [0.5, 0.6) is 0 Å². The van der Waals surface area contributed by atoms with Crippen molar-refractivity contribution in [3.05, 3.63) is 48.5 Å². The molecule has 3 rings (SSSR count). The summed E-state index contributed by atoms with van der Waals surface area (Å²) in [6, 6.07) is 14.8. The number of nitrogens with two attached hydrogens (primary N) is 2. The van der Waals surface area contributed by atoms with E-state index in [2.05, 4.69) is 10.4 Å². The molecule has 0 aliphatic heterocycles. The first kappa shape index (κ1) is 11.3. The number of para-hydroxylation sites is 2. The summed E-state index contributed by atoms with van der Waals surface area (Å²) in [7, 11) is 0. The van der Waals surface area contributed by atoms with E-state index in [9.17, 15) is 0 Å². The van der Waals surface area contributed by atoms with Crippen molar-refractivity contribution in [3.8, 4) is 22.6 Å². The number of anilines is 2. The summed E-state index contributed by atoms with van der Waals surface area (Å²) < 4.78 is 5.24. The smallest absolute Gasteiger partial charge is 0.197 e. The van der Waals surface area contributed by atoms with Crippen molar-refractivity contribution in [1.29, 1.82) is 0 Å².